The van der Waals surface area contributed by atoms with Crippen molar-refractivity contribution in [2.45, 2.75) is 88.5 Å². The fourth-order valence-corrected chi connectivity index (χ4v) is 5.26. The maximum Gasteiger partial charge on any atom is 0.326 e. The third kappa shape index (κ3) is 6.81. The summed E-state index contributed by atoms with van der Waals surface area (Å²) in [6.45, 7) is 6.85. The largest absolute Gasteiger partial charge is 0.480 e. The van der Waals surface area contributed by atoms with Crippen LogP contribution in [0, 0.1) is 5.92 Å². The Hall–Kier alpha value is -2.55. The number of thiol groups is 1. The van der Waals surface area contributed by atoms with E-state index in [1.165, 1.54) is 0 Å². The van der Waals surface area contributed by atoms with Crippen molar-refractivity contribution >= 4 is 36.3 Å². The molecule has 2 fully saturated rings. The summed E-state index contributed by atoms with van der Waals surface area (Å²) in [6, 6.07) is 6.65. The molecule has 1 aromatic carbocycles. The second-order valence-electron chi connectivity index (χ2n) is 10.6. The lowest BCUT2D eigenvalue weighted by atomic mass is 9.89. The highest BCUT2D eigenvalue weighted by Gasteiger charge is 2.44. The standard InChI is InChI=1S/C27H39N3O5S/c1-17(2)23(36)24(32)29-27(12-4-5-13-27)26(35)28-22(25(33)34)15-19-8-10-20(11-9-19)21-7-6-14-30(16-21)18(3)31/h8-11,17,21-23,36H,4-7,12-16H2,1-3H3,(H,28,35)(H,29,32)(H,33,34). The number of benzene rings is 1. The Labute approximate surface area is 219 Å². The van der Waals surface area contributed by atoms with Crippen molar-refractivity contribution in [3.8, 4) is 0 Å². The molecule has 3 unspecified atom stereocenters. The van der Waals surface area contributed by atoms with Gasteiger partial charge in [0.1, 0.15) is 11.6 Å². The Morgan fingerprint density at radius 2 is 1.75 bits per heavy atom. The van der Waals surface area contributed by atoms with Gasteiger partial charge >= 0.3 is 5.97 Å². The molecule has 1 saturated carbocycles. The van der Waals surface area contributed by atoms with Crippen LogP contribution in [0.3, 0.4) is 0 Å². The van der Waals surface area contributed by atoms with Crippen LogP contribution in [0.2, 0.25) is 0 Å². The van der Waals surface area contributed by atoms with Crippen LogP contribution >= 0.6 is 12.6 Å². The highest BCUT2D eigenvalue weighted by Crippen LogP contribution is 2.31. The van der Waals surface area contributed by atoms with Gasteiger partial charge in [0.15, 0.2) is 0 Å². The molecule has 1 saturated heterocycles. The van der Waals surface area contributed by atoms with Gasteiger partial charge in [-0.15, -0.1) is 0 Å². The van der Waals surface area contributed by atoms with Gasteiger partial charge in [-0.3, -0.25) is 14.4 Å². The number of carbonyl (C=O) groups excluding carboxylic acids is 3. The third-order valence-electron chi connectivity index (χ3n) is 7.52. The average Bonchev–Trinajstić information content (AvgIpc) is 3.33. The van der Waals surface area contributed by atoms with E-state index in [-0.39, 0.29) is 30.1 Å². The van der Waals surface area contributed by atoms with Gasteiger partial charge in [0.25, 0.3) is 0 Å². The monoisotopic (exact) mass is 517 g/mol. The maximum absolute atomic E-state index is 13.3. The van der Waals surface area contributed by atoms with Crippen LogP contribution in [0.1, 0.15) is 76.3 Å². The third-order valence-corrected chi connectivity index (χ3v) is 8.35. The topological polar surface area (TPSA) is 116 Å². The van der Waals surface area contributed by atoms with Gasteiger partial charge in [-0.05, 0) is 42.7 Å². The van der Waals surface area contributed by atoms with Crippen LogP contribution in [0.15, 0.2) is 24.3 Å². The molecule has 1 aromatic rings. The molecular formula is C27H39N3O5S. The molecule has 198 valence electrons. The van der Waals surface area contributed by atoms with E-state index in [1.54, 1.807) is 6.92 Å². The number of carbonyl (C=O) groups is 4. The molecule has 3 N–H and O–H groups in total. The lowest BCUT2D eigenvalue weighted by molar-refractivity contribution is -0.143. The summed E-state index contributed by atoms with van der Waals surface area (Å²) in [5.41, 5.74) is 0.818. The Balaban J connectivity index is 1.67. The van der Waals surface area contributed by atoms with E-state index < -0.39 is 28.7 Å². The van der Waals surface area contributed by atoms with E-state index in [0.29, 0.717) is 19.4 Å². The molecule has 3 atom stereocenters. The van der Waals surface area contributed by atoms with Crippen molar-refractivity contribution in [2.75, 3.05) is 13.1 Å². The van der Waals surface area contributed by atoms with Crippen LogP contribution in [-0.2, 0) is 25.6 Å². The van der Waals surface area contributed by atoms with E-state index in [9.17, 15) is 24.3 Å². The minimum Gasteiger partial charge on any atom is -0.480 e. The van der Waals surface area contributed by atoms with Crippen LogP contribution in [-0.4, -0.2) is 63.6 Å². The first-order valence-corrected chi connectivity index (χ1v) is 13.4. The van der Waals surface area contributed by atoms with E-state index in [1.807, 2.05) is 43.0 Å². The molecule has 36 heavy (non-hydrogen) atoms. The molecule has 9 heteroatoms. The number of aliphatic carboxylic acids is 1. The zero-order chi connectivity index (χ0) is 26.5. The molecule has 3 rings (SSSR count). The second-order valence-corrected chi connectivity index (χ2v) is 11.1. The van der Waals surface area contributed by atoms with Gasteiger partial charge < -0.3 is 20.6 Å². The summed E-state index contributed by atoms with van der Waals surface area (Å²) in [5.74, 6) is -1.53. The summed E-state index contributed by atoms with van der Waals surface area (Å²) < 4.78 is 0. The predicted molar refractivity (Wildman–Crippen MR) is 141 cm³/mol. The molecule has 0 aromatic heterocycles. The van der Waals surface area contributed by atoms with E-state index >= 15 is 0 Å². The van der Waals surface area contributed by atoms with Gasteiger partial charge in [0.05, 0.1) is 5.25 Å². The number of likely N-dealkylation sites (tertiary alicyclic amines) is 1. The lowest BCUT2D eigenvalue weighted by Gasteiger charge is -2.32. The smallest absolute Gasteiger partial charge is 0.326 e. The molecule has 8 nitrogen and oxygen atoms in total. The number of piperidine rings is 1. The van der Waals surface area contributed by atoms with Crippen molar-refractivity contribution in [3.05, 3.63) is 35.4 Å². The molecule has 1 aliphatic carbocycles. The van der Waals surface area contributed by atoms with Gasteiger partial charge in [0.2, 0.25) is 17.7 Å². The summed E-state index contributed by atoms with van der Waals surface area (Å²) in [6.07, 6.45) is 4.63. The van der Waals surface area contributed by atoms with Crippen LogP contribution in [0.25, 0.3) is 0 Å². The lowest BCUT2D eigenvalue weighted by Crippen LogP contribution is -2.61. The number of carboxylic acid groups (broad SMARTS) is 1. The highest BCUT2D eigenvalue weighted by atomic mass is 32.1. The number of hydrogen-bond donors (Lipinski definition) is 4. The number of rotatable bonds is 9. The Bertz CT molecular complexity index is 959. The van der Waals surface area contributed by atoms with Crippen molar-refractivity contribution < 1.29 is 24.3 Å². The molecular weight excluding hydrogens is 478 g/mol. The Morgan fingerprint density at radius 1 is 1.11 bits per heavy atom. The summed E-state index contributed by atoms with van der Waals surface area (Å²) in [5, 5.41) is 14.9. The first-order valence-electron chi connectivity index (χ1n) is 12.9. The van der Waals surface area contributed by atoms with E-state index in [0.717, 1.165) is 43.4 Å². The first-order chi connectivity index (χ1) is 17.0. The zero-order valence-corrected chi connectivity index (χ0v) is 22.4. The van der Waals surface area contributed by atoms with Crippen molar-refractivity contribution in [2.24, 2.45) is 5.92 Å². The van der Waals surface area contributed by atoms with Gasteiger partial charge in [-0.25, -0.2) is 4.79 Å². The summed E-state index contributed by atoms with van der Waals surface area (Å²) in [7, 11) is 0. The van der Waals surface area contributed by atoms with E-state index in [4.69, 9.17) is 0 Å². The summed E-state index contributed by atoms with van der Waals surface area (Å²) in [4.78, 5) is 51.6. The molecule has 0 radical (unpaired) electrons. The molecule has 3 amide bonds. The molecule has 1 aliphatic heterocycles. The molecule has 1 heterocycles. The van der Waals surface area contributed by atoms with Crippen molar-refractivity contribution in [1.82, 2.24) is 15.5 Å². The van der Waals surface area contributed by atoms with Gasteiger partial charge in [0, 0.05) is 32.4 Å². The number of amides is 3. The second kappa shape index (κ2) is 12.1. The average molecular weight is 518 g/mol. The number of nitrogens with one attached hydrogen (secondary N) is 2. The van der Waals surface area contributed by atoms with Crippen LogP contribution in [0.4, 0.5) is 0 Å². The van der Waals surface area contributed by atoms with Crippen molar-refractivity contribution in [3.63, 3.8) is 0 Å². The van der Waals surface area contributed by atoms with Gasteiger partial charge in [-0.1, -0.05) is 51.0 Å². The normalized spacial score (nSPS) is 21.0. The number of carboxylic acids is 1. The zero-order valence-electron chi connectivity index (χ0n) is 21.5. The molecule has 0 bridgehead atoms. The minimum absolute atomic E-state index is 0.00345. The Morgan fingerprint density at radius 3 is 2.31 bits per heavy atom. The molecule has 0 spiro atoms. The SMILES string of the molecule is CC(=O)N1CCCC(c2ccc(CC(NC(=O)C3(NC(=O)C(S)C(C)C)CCCC3)C(=O)O)cc2)C1. The van der Waals surface area contributed by atoms with Crippen LogP contribution in [0.5, 0.6) is 0 Å². The quantitative estimate of drug-likeness (QED) is 0.376. The fourth-order valence-electron chi connectivity index (χ4n) is 5.19. The number of nitrogens with zero attached hydrogens (tertiary/aromatic N) is 1. The highest BCUT2D eigenvalue weighted by molar-refractivity contribution is 7.81. The minimum atomic E-state index is -1.12. The van der Waals surface area contributed by atoms with Crippen LogP contribution < -0.4 is 10.6 Å². The molecule has 2 aliphatic rings. The first kappa shape index (κ1) is 28.0. The fraction of sp³-hybridized carbons (Fsp3) is 0.630. The van der Waals surface area contributed by atoms with Gasteiger partial charge in [-0.2, -0.15) is 12.6 Å². The van der Waals surface area contributed by atoms with Crippen molar-refractivity contribution in [1.29, 1.82) is 0 Å². The predicted octanol–water partition coefficient (Wildman–Crippen LogP) is 2.91. The number of hydrogen-bond acceptors (Lipinski definition) is 5. The summed E-state index contributed by atoms with van der Waals surface area (Å²) >= 11 is 4.37. The maximum atomic E-state index is 13.3. The van der Waals surface area contributed by atoms with E-state index in [2.05, 4.69) is 23.3 Å². The Kier molecular flexibility index (Phi) is 9.44.